The lowest BCUT2D eigenvalue weighted by Gasteiger charge is -2.08. The van der Waals surface area contributed by atoms with Crippen LogP contribution in [0.4, 0.5) is 4.39 Å². The van der Waals surface area contributed by atoms with Crippen LogP contribution in [-0.4, -0.2) is 29.3 Å². The second-order valence-corrected chi connectivity index (χ2v) is 6.96. The zero-order valence-electron chi connectivity index (χ0n) is 15.4. The molecular formula is C20H17FN4O3S. The van der Waals surface area contributed by atoms with Gasteiger partial charge in [0.15, 0.2) is 0 Å². The van der Waals surface area contributed by atoms with E-state index in [0.29, 0.717) is 15.6 Å². The van der Waals surface area contributed by atoms with Gasteiger partial charge in [-0.05, 0) is 19.1 Å². The van der Waals surface area contributed by atoms with E-state index in [0.717, 1.165) is 11.6 Å². The van der Waals surface area contributed by atoms with Crippen LogP contribution in [0, 0.1) is 12.7 Å². The molecule has 1 heterocycles. The van der Waals surface area contributed by atoms with Crippen molar-refractivity contribution in [1.82, 2.24) is 21.2 Å². The molecule has 148 valence electrons. The lowest BCUT2D eigenvalue weighted by molar-refractivity contribution is -0.120. The largest absolute Gasteiger partial charge is 0.343 e. The highest BCUT2D eigenvalue weighted by Crippen LogP contribution is 2.27. The minimum absolute atomic E-state index is 0.168. The third kappa shape index (κ3) is 5.02. The Kier molecular flexibility index (Phi) is 6.30. The summed E-state index contributed by atoms with van der Waals surface area (Å²) < 4.78 is 13.5. The van der Waals surface area contributed by atoms with Crippen LogP contribution in [0.1, 0.15) is 25.7 Å². The third-order valence-electron chi connectivity index (χ3n) is 3.87. The molecule has 0 aliphatic rings. The summed E-state index contributed by atoms with van der Waals surface area (Å²) in [5.74, 6) is -2.59. The van der Waals surface area contributed by atoms with Crippen LogP contribution in [-0.2, 0) is 4.79 Å². The van der Waals surface area contributed by atoms with Gasteiger partial charge in [-0.3, -0.25) is 25.2 Å². The molecule has 0 saturated heterocycles. The van der Waals surface area contributed by atoms with Crippen molar-refractivity contribution < 1.29 is 18.8 Å². The topological polar surface area (TPSA) is 100 Å². The van der Waals surface area contributed by atoms with Crippen molar-refractivity contribution >= 4 is 29.1 Å². The molecule has 7 nitrogen and oxygen atoms in total. The molecule has 3 rings (SSSR count). The number of rotatable bonds is 5. The Morgan fingerprint density at radius 3 is 2.38 bits per heavy atom. The molecule has 0 aliphatic heterocycles. The molecule has 0 fully saturated rings. The van der Waals surface area contributed by atoms with E-state index >= 15 is 0 Å². The van der Waals surface area contributed by atoms with Gasteiger partial charge in [-0.1, -0.05) is 42.5 Å². The number of amides is 3. The fourth-order valence-corrected chi connectivity index (χ4v) is 3.41. The number of aromatic nitrogens is 1. The Morgan fingerprint density at radius 2 is 1.66 bits per heavy atom. The van der Waals surface area contributed by atoms with Crippen molar-refractivity contribution in [2.45, 2.75) is 6.92 Å². The number of nitrogens with one attached hydrogen (secondary N) is 3. The maximum atomic E-state index is 13.5. The van der Waals surface area contributed by atoms with Crippen molar-refractivity contribution in [2.75, 3.05) is 6.54 Å². The number of aryl methyl sites for hydroxylation is 1. The summed E-state index contributed by atoms with van der Waals surface area (Å²) in [4.78, 5) is 40.8. The summed E-state index contributed by atoms with van der Waals surface area (Å²) >= 11 is 1.20. The number of halogens is 1. The Morgan fingerprint density at radius 1 is 0.966 bits per heavy atom. The second kappa shape index (κ2) is 9.07. The van der Waals surface area contributed by atoms with E-state index < -0.39 is 30.1 Å². The highest BCUT2D eigenvalue weighted by atomic mass is 32.1. The molecular weight excluding hydrogens is 395 g/mol. The van der Waals surface area contributed by atoms with Crippen LogP contribution in [0.15, 0.2) is 54.6 Å². The van der Waals surface area contributed by atoms with E-state index in [2.05, 4.69) is 21.2 Å². The fourth-order valence-electron chi connectivity index (χ4n) is 2.44. The van der Waals surface area contributed by atoms with Crippen LogP contribution >= 0.6 is 11.3 Å². The standard InChI is InChI=1S/C20H17FN4O3S/c1-12-17(29-20(23-12)13-7-3-2-4-8-13)19(28)25-24-16(26)11-22-18(27)14-9-5-6-10-15(14)21/h2-10H,11H2,1H3,(H,22,27)(H,24,26)(H,25,28). The number of nitrogens with zero attached hydrogens (tertiary/aromatic N) is 1. The minimum Gasteiger partial charge on any atom is -0.343 e. The smallest absolute Gasteiger partial charge is 0.281 e. The number of carbonyl (C=O) groups excluding carboxylic acids is 3. The zero-order chi connectivity index (χ0) is 20.8. The van der Waals surface area contributed by atoms with Crippen LogP contribution in [0.3, 0.4) is 0 Å². The lowest BCUT2D eigenvalue weighted by Crippen LogP contribution is -2.46. The summed E-state index contributed by atoms with van der Waals surface area (Å²) in [6, 6.07) is 14.8. The average Bonchev–Trinajstić information content (AvgIpc) is 3.13. The van der Waals surface area contributed by atoms with Crippen molar-refractivity contribution in [2.24, 2.45) is 0 Å². The van der Waals surface area contributed by atoms with Crippen molar-refractivity contribution in [3.05, 3.63) is 76.5 Å². The first-order chi connectivity index (χ1) is 14.0. The summed E-state index contributed by atoms with van der Waals surface area (Å²) in [5, 5.41) is 2.98. The normalized spacial score (nSPS) is 10.3. The minimum atomic E-state index is -0.726. The van der Waals surface area contributed by atoms with Crippen molar-refractivity contribution in [3.8, 4) is 10.6 Å². The predicted molar refractivity (Wildman–Crippen MR) is 107 cm³/mol. The van der Waals surface area contributed by atoms with Crippen molar-refractivity contribution in [1.29, 1.82) is 0 Å². The molecule has 0 radical (unpaired) electrons. The van der Waals surface area contributed by atoms with Crippen LogP contribution in [0.25, 0.3) is 10.6 Å². The number of thiazole rings is 1. The highest BCUT2D eigenvalue weighted by Gasteiger charge is 2.17. The summed E-state index contributed by atoms with van der Waals surface area (Å²) in [7, 11) is 0. The number of benzene rings is 2. The van der Waals surface area contributed by atoms with Gasteiger partial charge in [-0.15, -0.1) is 11.3 Å². The number of hydrazine groups is 1. The molecule has 0 bridgehead atoms. The monoisotopic (exact) mass is 412 g/mol. The Balaban J connectivity index is 1.53. The molecule has 0 aliphatic carbocycles. The zero-order valence-corrected chi connectivity index (χ0v) is 16.2. The van der Waals surface area contributed by atoms with E-state index in [1.165, 1.54) is 29.5 Å². The molecule has 3 amide bonds. The lowest BCUT2D eigenvalue weighted by atomic mass is 10.2. The van der Waals surface area contributed by atoms with Gasteiger partial charge in [0.1, 0.15) is 15.7 Å². The SMILES string of the molecule is Cc1nc(-c2ccccc2)sc1C(=O)NNC(=O)CNC(=O)c1ccccc1F. The van der Waals surface area contributed by atoms with Gasteiger partial charge >= 0.3 is 0 Å². The molecule has 0 atom stereocenters. The average molecular weight is 412 g/mol. The van der Waals surface area contributed by atoms with Crippen LogP contribution in [0.5, 0.6) is 0 Å². The summed E-state index contributed by atoms with van der Waals surface area (Å²) in [5.41, 5.74) is 5.75. The molecule has 1 aromatic heterocycles. The molecule has 3 aromatic rings. The van der Waals surface area contributed by atoms with Crippen LogP contribution in [0.2, 0.25) is 0 Å². The Hall–Kier alpha value is -3.59. The molecule has 29 heavy (non-hydrogen) atoms. The van der Waals surface area contributed by atoms with Crippen molar-refractivity contribution in [3.63, 3.8) is 0 Å². The second-order valence-electron chi connectivity index (χ2n) is 5.96. The number of carbonyl (C=O) groups is 3. The Bertz CT molecular complexity index is 1050. The van der Waals surface area contributed by atoms with Crippen LogP contribution < -0.4 is 16.2 Å². The first-order valence-corrected chi connectivity index (χ1v) is 9.42. The van der Waals surface area contributed by atoms with Gasteiger partial charge in [0.25, 0.3) is 17.7 Å². The van der Waals surface area contributed by atoms with Gasteiger partial charge in [0.2, 0.25) is 0 Å². The van der Waals surface area contributed by atoms with E-state index in [9.17, 15) is 18.8 Å². The molecule has 0 unspecified atom stereocenters. The molecule has 9 heteroatoms. The van der Waals surface area contributed by atoms with E-state index in [-0.39, 0.29) is 5.56 Å². The van der Waals surface area contributed by atoms with Gasteiger partial charge in [-0.25, -0.2) is 9.37 Å². The van der Waals surface area contributed by atoms with Gasteiger partial charge < -0.3 is 5.32 Å². The first kappa shape index (κ1) is 20.2. The molecule has 2 aromatic carbocycles. The maximum absolute atomic E-state index is 13.5. The first-order valence-electron chi connectivity index (χ1n) is 8.60. The van der Waals surface area contributed by atoms with Gasteiger partial charge in [-0.2, -0.15) is 0 Å². The molecule has 3 N–H and O–H groups in total. The third-order valence-corrected chi connectivity index (χ3v) is 5.07. The predicted octanol–water partition coefficient (Wildman–Crippen LogP) is 2.45. The highest BCUT2D eigenvalue weighted by molar-refractivity contribution is 7.17. The number of hydrogen-bond acceptors (Lipinski definition) is 5. The number of hydrogen-bond donors (Lipinski definition) is 3. The van der Waals surface area contributed by atoms with Gasteiger partial charge in [0.05, 0.1) is 17.8 Å². The fraction of sp³-hybridized carbons (Fsp3) is 0.100. The molecule has 0 saturated carbocycles. The van der Waals surface area contributed by atoms with E-state index in [1.807, 2.05) is 30.3 Å². The molecule has 0 spiro atoms. The Labute approximate surface area is 170 Å². The van der Waals surface area contributed by atoms with Gasteiger partial charge in [0, 0.05) is 5.56 Å². The van der Waals surface area contributed by atoms with E-state index in [4.69, 9.17) is 0 Å². The quantitative estimate of drug-likeness (QED) is 0.561. The maximum Gasteiger partial charge on any atom is 0.281 e. The van der Waals surface area contributed by atoms with E-state index in [1.54, 1.807) is 6.92 Å². The summed E-state index contributed by atoms with van der Waals surface area (Å²) in [6.07, 6.45) is 0. The summed E-state index contributed by atoms with van der Waals surface area (Å²) in [6.45, 7) is 1.28.